The molecular weight excluding hydrogens is 466 g/mol. The average molecular weight is 492 g/mol. The van der Waals surface area contributed by atoms with Crippen molar-refractivity contribution in [2.75, 3.05) is 0 Å². The predicted octanol–water partition coefficient (Wildman–Crippen LogP) is 4.60. The van der Waals surface area contributed by atoms with E-state index in [0.29, 0.717) is 34.1 Å². The van der Waals surface area contributed by atoms with E-state index in [4.69, 9.17) is 9.15 Å². The molecule has 4 aromatic rings. The van der Waals surface area contributed by atoms with Crippen molar-refractivity contribution >= 4 is 27.0 Å². The smallest absolute Gasteiger partial charge is 0.336 e. The van der Waals surface area contributed by atoms with E-state index >= 15 is 0 Å². The summed E-state index contributed by atoms with van der Waals surface area (Å²) in [7, 11) is -4.04. The Hall–Kier alpha value is -3.75. The maximum absolute atomic E-state index is 13.5. The van der Waals surface area contributed by atoms with Gasteiger partial charge in [0.1, 0.15) is 17.4 Å². The quantitative estimate of drug-likeness (QED) is 0.230. The maximum atomic E-state index is 13.5. The van der Waals surface area contributed by atoms with Gasteiger partial charge in [0.15, 0.2) is 0 Å². The zero-order chi connectivity index (χ0) is 25.2. The Kier molecular flexibility index (Phi) is 6.86. The number of hydrogen-bond acceptors (Lipinski definition) is 6. The molecule has 7 nitrogen and oxygen atoms in total. The molecule has 1 heterocycles. The van der Waals surface area contributed by atoms with Crippen LogP contribution in [0.5, 0.6) is 5.75 Å². The van der Waals surface area contributed by atoms with Gasteiger partial charge < -0.3 is 9.15 Å². The summed E-state index contributed by atoms with van der Waals surface area (Å²) in [5.74, 6) is -0.617. The van der Waals surface area contributed by atoms with E-state index in [-0.39, 0.29) is 10.6 Å². The van der Waals surface area contributed by atoms with Crippen LogP contribution in [0.15, 0.2) is 86.9 Å². The molecule has 1 unspecified atom stereocenters. The third-order valence-electron chi connectivity index (χ3n) is 5.60. The molecule has 0 saturated heterocycles. The van der Waals surface area contributed by atoms with Crippen molar-refractivity contribution in [3.8, 4) is 5.75 Å². The first-order valence-corrected chi connectivity index (χ1v) is 12.6. The summed E-state index contributed by atoms with van der Waals surface area (Å²) in [4.78, 5) is 25.5. The third kappa shape index (κ3) is 5.34. The number of benzene rings is 3. The lowest BCUT2D eigenvalue weighted by Gasteiger charge is -2.19. The van der Waals surface area contributed by atoms with Crippen molar-refractivity contribution in [1.29, 1.82) is 0 Å². The van der Waals surface area contributed by atoms with Crippen molar-refractivity contribution in [3.05, 3.63) is 105 Å². The summed E-state index contributed by atoms with van der Waals surface area (Å²) in [5.41, 5.74) is 2.52. The molecule has 1 N–H and O–H groups in total. The number of hydrogen-bond donors (Lipinski definition) is 1. The number of sulfonamides is 1. The second-order valence-corrected chi connectivity index (χ2v) is 9.99. The van der Waals surface area contributed by atoms with Gasteiger partial charge in [0, 0.05) is 6.07 Å². The van der Waals surface area contributed by atoms with Crippen molar-refractivity contribution in [3.63, 3.8) is 0 Å². The van der Waals surface area contributed by atoms with Gasteiger partial charge in [0.25, 0.3) is 0 Å². The Morgan fingerprint density at radius 2 is 1.66 bits per heavy atom. The highest BCUT2D eigenvalue weighted by molar-refractivity contribution is 7.89. The fraction of sp³-hybridized carbons (Fsp3) is 0.185. The highest BCUT2D eigenvalue weighted by atomic mass is 32.2. The molecule has 0 saturated carbocycles. The van der Waals surface area contributed by atoms with Crippen LogP contribution in [0.4, 0.5) is 0 Å². The highest BCUT2D eigenvalue weighted by Crippen LogP contribution is 2.31. The lowest BCUT2D eigenvalue weighted by molar-refractivity contribution is -0.136. The molecule has 1 atom stereocenters. The second-order valence-electron chi connectivity index (χ2n) is 8.28. The maximum Gasteiger partial charge on any atom is 0.336 e. The van der Waals surface area contributed by atoms with Crippen molar-refractivity contribution in [1.82, 2.24) is 4.72 Å². The fourth-order valence-corrected chi connectivity index (χ4v) is 5.01. The Bertz CT molecular complexity index is 1540. The number of esters is 1. The number of carbonyl (C=O) groups excluding carboxylic acids is 1. The Labute approximate surface area is 203 Å². The van der Waals surface area contributed by atoms with E-state index in [1.165, 1.54) is 18.2 Å². The fourth-order valence-electron chi connectivity index (χ4n) is 3.84. The van der Waals surface area contributed by atoms with Gasteiger partial charge in [-0.2, -0.15) is 4.72 Å². The molecule has 35 heavy (non-hydrogen) atoms. The van der Waals surface area contributed by atoms with Crippen LogP contribution < -0.4 is 15.1 Å². The van der Waals surface area contributed by atoms with Gasteiger partial charge in [-0.1, -0.05) is 55.0 Å². The molecule has 0 bridgehead atoms. The van der Waals surface area contributed by atoms with Gasteiger partial charge in [-0.25, -0.2) is 18.0 Å². The topological polar surface area (TPSA) is 103 Å². The number of rotatable bonds is 7. The standard InChI is InChI=1S/C27H25NO6S/c1-4-19-16-24(29)33-22-14-18(3)15-23(25(19)22)34-27(30)26(20-8-6-5-7-9-20)28-35(31,32)21-12-10-17(2)11-13-21/h5-16,26,28H,4H2,1-3H3. The average Bonchev–Trinajstić information content (AvgIpc) is 2.82. The first-order valence-electron chi connectivity index (χ1n) is 11.1. The first-order chi connectivity index (χ1) is 16.7. The number of nitrogens with one attached hydrogen (secondary N) is 1. The monoisotopic (exact) mass is 491 g/mol. The summed E-state index contributed by atoms with van der Waals surface area (Å²) in [6.45, 7) is 5.51. The van der Waals surface area contributed by atoms with Crippen LogP contribution in [-0.2, 0) is 21.2 Å². The van der Waals surface area contributed by atoms with E-state index in [1.54, 1.807) is 61.5 Å². The zero-order valence-electron chi connectivity index (χ0n) is 19.6. The summed E-state index contributed by atoms with van der Waals surface area (Å²) in [6.07, 6.45) is 0.512. The van der Waals surface area contributed by atoms with Crippen LogP contribution in [0.2, 0.25) is 0 Å². The first kappa shape index (κ1) is 24.4. The number of carbonyl (C=O) groups is 1. The second kappa shape index (κ2) is 9.85. The Morgan fingerprint density at radius 1 is 0.971 bits per heavy atom. The molecule has 4 rings (SSSR count). The molecule has 0 radical (unpaired) electrons. The Morgan fingerprint density at radius 3 is 2.31 bits per heavy atom. The molecule has 0 aliphatic heterocycles. The summed E-state index contributed by atoms with van der Waals surface area (Å²) >= 11 is 0. The van der Waals surface area contributed by atoms with E-state index in [9.17, 15) is 18.0 Å². The van der Waals surface area contributed by atoms with Gasteiger partial charge in [-0.05, 0) is 61.2 Å². The summed E-state index contributed by atoms with van der Waals surface area (Å²) in [5, 5.41) is 0.499. The van der Waals surface area contributed by atoms with E-state index in [2.05, 4.69) is 4.72 Å². The number of fused-ring (bicyclic) bond motifs is 1. The van der Waals surface area contributed by atoms with Gasteiger partial charge in [0.2, 0.25) is 10.0 Å². The molecule has 180 valence electrons. The van der Waals surface area contributed by atoms with Crippen molar-refractivity contribution < 1.29 is 22.4 Å². The third-order valence-corrected chi connectivity index (χ3v) is 7.04. The van der Waals surface area contributed by atoms with E-state index in [1.807, 2.05) is 13.8 Å². The SMILES string of the molecule is CCc1cc(=O)oc2cc(C)cc(OC(=O)C(NS(=O)(=O)c3ccc(C)cc3)c3ccccc3)c12. The molecule has 0 fully saturated rings. The van der Waals surface area contributed by atoms with Crippen molar-refractivity contribution in [2.24, 2.45) is 0 Å². The van der Waals surface area contributed by atoms with Crippen LogP contribution in [-0.4, -0.2) is 14.4 Å². The molecule has 0 aliphatic carbocycles. The van der Waals surface area contributed by atoms with Gasteiger partial charge >= 0.3 is 11.6 Å². The van der Waals surface area contributed by atoms with Crippen LogP contribution in [0, 0.1) is 13.8 Å². The molecule has 1 aromatic heterocycles. The molecular formula is C27H25NO6S. The minimum atomic E-state index is -4.04. The van der Waals surface area contributed by atoms with Gasteiger partial charge in [0.05, 0.1) is 10.3 Å². The van der Waals surface area contributed by atoms with Crippen LogP contribution in [0.25, 0.3) is 11.0 Å². The lowest BCUT2D eigenvalue weighted by atomic mass is 10.0. The van der Waals surface area contributed by atoms with Crippen molar-refractivity contribution in [2.45, 2.75) is 38.1 Å². The minimum Gasteiger partial charge on any atom is -0.424 e. The highest BCUT2D eigenvalue weighted by Gasteiger charge is 2.30. The van der Waals surface area contributed by atoms with E-state index in [0.717, 1.165) is 5.56 Å². The molecule has 0 spiro atoms. The summed E-state index contributed by atoms with van der Waals surface area (Å²) in [6, 6.07) is 18.2. The Balaban J connectivity index is 1.76. The largest absolute Gasteiger partial charge is 0.424 e. The predicted molar refractivity (Wildman–Crippen MR) is 133 cm³/mol. The van der Waals surface area contributed by atoms with Gasteiger partial charge in [-0.3, -0.25) is 0 Å². The normalized spacial score (nSPS) is 12.4. The molecule has 0 amide bonds. The zero-order valence-corrected chi connectivity index (χ0v) is 20.4. The van der Waals surface area contributed by atoms with Crippen LogP contribution >= 0.6 is 0 Å². The number of aryl methyl sites for hydroxylation is 3. The van der Waals surface area contributed by atoms with Crippen LogP contribution in [0.1, 0.15) is 35.2 Å². The lowest BCUT2D eigenvalue weighted by Crippen LogP contribution is -2.36. The molecule has 8 heteroatoms. The molecule has 3 aromatic carbocycles. The molecule has 0 aliphatic rings. The van der Waals surface area contributed by atoms with Crippen LogP contribution in [0.3, 0.4) is 0 Å². The number of ether oxygens (including phenoxy) is 1. The van der Waals surface area contributed by atoms with E-state index < -0.39 is 27.7 Å². The minimum absolute atomic E-state index is 0.0351. The van der Waals surface area contributed by atoms with Gasteiger partial charge in [-0.15, -0.1) is 0 Å². The summed E-state index contributed by atoms with van der Waals surface area (Å²) < 4.78 is 39.9.